The maximum atomic E-state index is 13.1. The molecular formula is C26H29N5O2S. The van der Waals surface area contributed by atoms with Gasteiger partial charge in [-0.3, -0.25) is 18.6 Å². The van der Waals surface area contributed by atoms with Gasteiger partial charge < -0.3 is 5.32 Å². The highest BCUT2D eigenvalue weighted by Gasteiger charge is 2.22. The Morgan fingerprint density at radius 2 is 1.76 bits per heavy atom. The monoisotopic (exact) mass is 475 g/mol. The molecule has 0 aliphatic rings. The molecular weight excluding hydrogens is 446 g/mol. The van der Waals surface area contributed by atoms with Crippen molar-refractivity contribution in [3.63, 3.8) is 0 Å². The molecule has 2 heterocycles. The number of aryl methyl sites for hydroxylation is 2. The van der Waals surface area contributed by atoms with E-state index in [0.29, 0.717) is 17.5 Å². The van der Waals surface area contributed by atoms with Crippen molar-refractivity contribution in [3.8, 4) is 5.69 Å². The predicted molar refractivity (Wildman–Crippen MR) is 137 cm³/mol. The Morgan fingerprint density at radius 3 is 2.41 bits per heavy atom. The first-order valence-corrected chi connectivity index (χ1v) is 12.3. The van der Waals surface area contributed by atoms with Crippen molar-refractivity contribution in [2.24, 2.45) is 0 Å². The van der Waals surface area contributed by atoms with E-state index in [4.69, 9.17) is 0 Å². The molecule has 4 rings (SSSR count). The summed E-state index contributed by atoms with van der Waals surface area (Å²) in [4.78, 5) is 26.0. The number of rotatable bonds is 7. The average molecular weight is 476 g/mol. The maximum Gasteiger partial charge on any atom is 0.300 e. The maximum absolute atomic E-state index is 13.1. The van der Waals surface area contributed by atoms with Crippen LogP contribution in [0.3, 0.4) is 0 Å². The Bertz CT molecular complexity index is 1390. The second-order valence-electron chi connectivity index (χ2n) is 8.70. The third kappa shape index (κ3) is 4.77. The van der Waals surface area contributed by atoms with Crippen LogP contribution in [0.15, 0.2) is 64.8 Å². The number of nitrogens with one attached hydrogen (secondary N) is 1. The summed E-state index contributed by atoms with van der Waals surface area (Å²) >= 11 is 1.30. The molecule has 34 heavy (non-hydrogen) atoms. The summed E-state index contributed by atoms with van der Waals surface area (Å²) in [5.74, 6) is 0.328. The van der Waals surface area contributed by atoms with Gasteiger partial charge in [0.2, 0.25) is 11.6 Å². The van der Waals surface area contributed by atoms with Crippen LogP contribution in [-0.4, -0.2) is 30.3 Å². The molecule has 7 nitrogen and oxygen atoms in total. The molecule has 1 atom stereocenters. The zero-order chi connectivity index (χ0) is 24.4. The summed E-state index contributed by atoms with van der Waals surface area (Å²) in [6.45, 7) is 10.3. The van der Waals surface area contributed by atoms with Crippen molar-refractivity contribution < 1.29 is 4.79 Å². The van der Waals surface area contributed by atoms with Crippen LogP contribution in [-0.2, 0) is 4.79 Å². The Hall–Kier alpha value is -3.39. The molecule has 0 fully saturated rings. The zero-order valence-corrected chi connectivity index (χ0v) is 20.9. The fourth-order valence-electron chi connectivity index (χ4n) is 3.65. The van der Waals surface area contributed by atoms with Crippen LogP contribution >= 0.6 is 11.8 Å². The number of amides is 1. The van der Waals surface area contributed by atoms with Crippen LogP contribution in [0, 0.1) is 13.8 Å². The number of hydrogen-bond donors (Lipinski definition) is 1. The van der Waals surface area contributed by atoms with E-state index in [1.807, 2.05) is 63.2 Å². The van der Waals surface area contributed by atoms with Crippen molar-refractivity contribution >= 4 is 29.0 Å². The summed E-state index contributed by atoms with van der Waals surface area (Å²) in [5, 5.41) is 11.5. The molecule has 8 heteroatoms. The van der Waals surface area contributed by atoms with E-state index < -0.39 is 0 Å². The van der Waals surface area contributed by atoms with Gasteiger partial charge in [0.25, 0.3) is 0 Å². The van der Waals surface area contributed by atoms with E-state index in [1.54, 1.807) is 21.4 Å². The number of nitrogens with zero attached hydrogens (tertiary/aromatic N) is 4. The molecule has 2 aromatic carbocycles. The number of hydrogen-bond acceptors (Lipinski definition) is 5. The molecule has 0 spiro atoms. The van der Waals surface area contributed by atoms with E-state index in [0.717, 1.165) is 16.9 Å². The summed E-state index contributed by atoms with van der Waals surface area (Å²) in [6.07, 6.45) is 4.09. The van der Waals surface area contributed by atoms with Crippen molar-refractivity contribution in [1.29, 1.82) is 0 Å². The topological polar surface area (TPSA) is 81.3 Å². The van der Waals surface area contributed by atoms with Crippen molar-refractivity contribution in [2.75, 3.05) is 5.32 Å². The van der Waals surface area contributed by atoms with E-state index in [9.17, 15) is 9.59 Å². The summed E-state index contributed by atoms with van der Waals surface area (Å²) in [5.41, 5.74) is 5.01. The Kier molecular flexibility index (Phi) is 6.88. The zero-order valence-electron chi connectivity index (χ0n) is 20.1. The number of fused-ring (bicyclic) bond motifs is 1. The van der Waals surface area contributed by atoms with Gasteiger partial charge >= 0.3 is 5.56 Å². The van der Waals surface area contributed by atoms with Crippen molar-refractivity contribution in [2.45, 2.75) is 57.4 Å². The minimum atomic E-state index is -0.376. The van der Waals surface area contributed by atoms with Gasteiger partial charge in [-0.05, 0) is 67.1 Å². The predicted octanol–water partition coefficient (Wildman–Crippen LogP) is 5.13. The standard InChI is InChI=1S/C26H29N5O2S/c1-6-22(24(32)27-20-10-8-19(9-11-20)16(2)3)34-26-29-28-23-25(33)30(13-14-31(23)26)21-12-7-17(4)18(5)15-21/h7-16,22H,6H2,1-5H3,(H,27,32). The van der Waals surface area contributed by atoms with Gasteiger partial charge in [-0.15, -0.1) is 10.2 Å². The lowest BCUT2D eigenvalue weighted by Crippen LogP contribution is -2.25. The number of thioether (sulfide) groups is 1. The third-order valence-corrected chi connectivity index (χ3v) is 7.28. The first kappa shape index (κ1) is 23.8. The largest absolute Gasteiger partial charge is 0.325 e. The Morgan fingerprint density at radius 1 is 1.03 bits per heavy atom. The Labute approximate surface area is 203 Å². The molecule has 0 saturated carbocycles. The highest BCUT2D eigenvalue weighted by molar-refractivity contribution is 8.00. The molecule has 0 saturated heterocycles. The first-order chi connectivity index (χ1) is 16.3. The smallest absolute Gasteiger partial charge is 0.300 e. The molecule has 176 valence electrons. The molecule has 0 bridgehead atoms. The molecule has 1 unspecified atom stereocenters. The molecule has 0 aliphatic carbocycles. The number of carbonyl (C=O) groups excluding carboxylic acids is 1. The minimum Gasteiger partial charge on any atom is -0.325 e. The van der Waals surface area contributed by atoms with Gasteiger partial charge in [-0.1, -0.05) is 50.7 Å². The van der Waals surface area contributed by atoms with Gasteiger partial charge in [0, 0.05) is 23.8 Å². The first-order valence-electron chi connectivity index (χ1n) is 11.4. The number of anilines is 1. The van der Waals surface area contributed by atoms with E-state index in [-0.39, 0.29) is 22.4 Å². The fraction of sp³-hybridized carbons (Fsp3) is 0.308. The normalized spacial score (nSPS) is 12.3. The van der Waals surface area contributed by atoms with Gasteiger partial charge in [0.1, 0.15) is 0 Å². The van der Waals surface area contributed by atoms with Gasteiger partial charge in [-0.25, -0.2) is 0 Å². The summed E-state index contributed by atoms with van der Waals surface area (Å²) < 4.78 is 3.22. The van der Waals surface area contributed by atoms with Crippen molar-refractivity contribution in [3.05, 3.63) is 81.9 Å². The third-order valence-electron chi connectivity index (χ3n) is 5.96. The lowest BCUT2D eigenvalue weighted by atomic mass is 10.0. The molecule has 1 amide bonds. The van der Waals surface area contributed by atoms with Crippen LogP contribution < -0.4 is 10.9 Å². The summed E-state index contributed by atoms with van der Waals surface area (Å²) in [7, 11) is 0. The average Bonchev–Trinajstić information content (AvgIpc) is 3.23. The highest BCUT2D eigenvalue weighted by atomic mass is 32.2. The van der Waals surface area contributed by atoms with Crippen LogP contribution in [0.25, 0.3) is 11.3 Å². The number of aromatic nitrogens is 4. The molecule has 2 aromatic heterocycles. The van der Waals surface area contributed by atoms with Gasteiger partial charge in [-0.2, -0.15) is 0 Å². The fourth-order valence-corrected chi connectivity index (χ4v) is 4.58. The van der Waals surface area contributed by atoms with E-state index in [2.05, 4.69) is 29.4 Å². The van der Waals surface area contributed by atoms with Crippen LogP contribution in [0.2, 0.25) is 0 Å². The second kappa shape index (κ2) is 9.85. The van der Waals surface area contributed by atoms with Crippen LogP contribution in [0.1, 0.15) is 49.8 Å². The van der Waals surface area contributed by atoms with Crippen LogP contribution in [0.4, 0.5) is 5.69 Å². The van der Waals surface area contributed by atoms with E-state index >= 15 is 0 Å². The second-order valence-corrected chi connectivity index (χ2v) is 9.87. The molecule has 0 radical (unpaired) electrons. The van der Waals surface area contributed by atoms with Crippen molar-refractivity contribution in [1.82, 2.24) is 19.2 Å². The quantitative estimate of drug-likeness (QED) is 0.375. The number of benzene rings is 2. The highest BCUT2D eigenvalue weighted by Crippen LogP contribution is 2.26. The molecule has 0 aliphatic heterocycles. The molecule has 1 N–H and O–H groups in total. The Balaban J connectivity index is 1.55. The van der Waals surface area contributed by atoms with E-state index in [1.165, 1.54) is 22.9 Å². The summed E-state index contributed by atoms with van der Waals surface area (Å²) in [6, 6.07) is 13.8. The lowest BCUT2D eigenvalue weighted by molar-refractivity contribution is -0.115. The number of carbonyl (C=O) groups is 1. The molecule has 4 aromatic rings. The van der Waals surface area contributed by atoms with Gasteiger partial charge in [0.05, 0.1) is 5.25 Å². The SMILES string of the molecule is CCC(Sc1nnc2c(=O)n(-c3ccc(C)c(C)c3)ccn12)C(=O)Nc1ccc(C(C)C)cc1. The minimum absolute atomic E-state index is 0.106. The van der Waals surface area contributed by atoms with Crippen LogP contribution in [0.5, 0.6) is 0 Å². The van der Waals surface area contributed by atoms with Gasteiger partial charge in [0.15, 0.2) is 5.16 Å². The lowest BCUT2D eigenvalue weighted by Gasteiger charge is -2.14.